The molecule has 28 heavy (non-hydrogen) atoms. The molecule has 0 radical (unpaired) electrons. The van der Waals surface area contributed by atoms with Gasteiger partial charge in [-0.05, 0) is 36.4 Å². The Morgan fingerprint density at radius 2 is 1.54 bits per heavy atom. The van der Waals surface area contributed by atoms with E-state index in [4.69, 9.17) is 14.6 Å². The highest BCUT2D eigenvalue weighted by Crippen LogP contribution is 2.24. The van der Waals surface area contributed by atoms with Crippen LogP contribution in [0.25, 0.3) is 0 Å². The quantitative estimate of drug-likeness (QED) is 0.744. The van der Waals surface area contributed by atoms with E-state index >= 15 is 0 Å². The van der Waals surface area contributed by atoms with Crippen LogP contribution in [0.2, 0.25) is 0 Å². The van der Waals surface area contributed by atoms with Crippen molar-refractivity contribution in [2.45, 2.75) is 0 Å². The maximum atomic E-state index is 12.9. The van der Waals surface area contributed by atoms with Crippen LogP contribution in [0.1, 0.15) is 10.4 Å². The standard InChI is InChI=1S/C20H22N2O6/c1-21(2)18(23)12-28-17-7-5-4-6-16(17)20(26)22(3)14-8-10-15(11-9-14)27-13-19(24)25/h4-11H,12-13H2,1-3H3,(H,24,25). The zero-order valence-corrected chi connectivity index (χ0v) is 15.9. The molecule has 0 heterocycles. The zero-order valence-electron chi connectivity index (χ0n) is 15.9. The van der Waals surface area contributed by atoms with Crippen LogP contribution in [0.4, 0.5) is 5.69 Å². The zero-order chi connectivity index (χ0) is 20.7. The molecule has 0 aliphatic rings. The molecular formula is C20H22N2O6. The second kappa shape index (κ2) is 9.40. The largest absolute Gasteiger partial charge is 0.483 e. The maximum Gasteiger partial charge on any atom is 0.341 e. The van der Waals surface area contributed by atoms with Crippen LogP contribution in [-0.2, 0) is 9.59 Å². The fourth-order valence-corrected chi connectivity index (χ4v) is 2.25. The molecule has 2 rings (SSSR count). The molecule has 1 N–H and O–H groups in total. The van der Waals surface area contributed by atoms with Crippen molar-refractivity contribution in [3.63, 3.8) is 0 Å². The number of aliphatic carboxylic acids is 1. The number of rotatable bonds is 8. The van der Waals surface area contributed by atoms with Crippen LogP contribution in [0.3, 0.4) is 0 Å². The lowest BCUT2D eigenvalue weighted by molar-refractivity contribution is -0.139. The van der Waals surface area contributed by atoms with Crippen molar-refractivity contribution in [1.82, 2.24) is 4.90 Å². The van der Waals surface area contributed by atoms with E-state index in [-0.39, 0.29) is 18.4 Å². The topological polar surface area (TPSA) is 96.4 Å². The summed E-state index contributed by atoms with van der Waals surface area (Å²) in [6.07, 6.45) is 0. The third-order valence-corrected chi connectivity index (χ3v) is 3.86. The first kappa shape index (κ1) is 20.8. The Bertz CT molecular complexity index is 848. The molecule has 0 unspecified atom stereocenters. The number of carboxylic acids is 1. The van der Waals surface area contributed by atoms with E-state index in [0.29, 0.717) is 22.7 Å². The molecule has 8 nitrogen and oxygen atoms in total. The van der Waals surface area contributed by atoms with Crippen molar-refractivity contribution in [2.75, 3.05) is 39.3 Å². The van der Waals surface area contributed by atoms with Gasteiger partial charge in [0.2, 0.25) is 0 Å². The van der Waals surface area contributed by atoms with Crippen LogP contribution in [0.15, 0.2) is 48.5 Å². The van der Waals surface area contributed by atoms with Crippen molar-refractivity contribution >= 4 is 23.5 Å². The van der Waals surface area contributed by atoms with E-state index in [1.165, 1.54) is 9.80 Å². The highest BCUT2D eigenvalue weighted by Gasteiger charge is 2.19. The SMILES string of the molecule is CN(C)C(=O)COc1ccccc1C(=O)N(C)c1ccc(OCC(=O)O)cc1. The van der Waals surface area contributed by atoms with Gasteiger partial charge in [0.25, 0.3) is 11.8 Å². The van der Waals surface area contributed by atoms with Crippen LogP contribution < -0.4 is 14.4 Å². The molecule has 0 saturated carbocycles. The Labute approximate surface area is 162 Å². The van der Waals surface area contributed by atoms with E-state index in [9.17, 15) is 14.4 Å². The number of likely N-dealkylation sites (N-methyl/N-ethyl adjacent to an activating group) is 1. The lowest BCUT2D eigenvalue weighted by Gasteiger charge is -2.20. The second-order valence-electron chi connectivity index (χ2n) is 6.11. The van der Waals surface area contributed by atoms with Gasteiger partial charge < -0.3 is 24.4 Å². The smallest absolute Gasteiger partial charge is 0.341 e. The lowest BCUT2D eigenvalue weighted by atomic mass is 10.1. The summed E-state index contributed by atoms with van der Waals surface area (Å²) in [5.41, 5.74) is 0.912. The number of para-hydroxylation sites is 1. The molecular weight excluding hydrogens is 364 g/mol. The monoisotopic (exact) mass is 386 g/mol. The molecule has 0 spiro atoms. The molecule has 0 fully saturated rings. The Balaban J connectivity index is 2.12. The number of ether oxygens (including phenoxy) is 2. The number of carbonyl (C=O) groups excluding carboxylic acids is 2. The highest BCUT2D eigenvalue weighted by atomic mass is 16.5. The number of amides is 2. The minimum absolute atomic E-state index is 0.170. The van der Waals surface area contributed by atoms with Gasteiger partial charge in [-0.3, -0.25) is 9.59 Å². The molecule has 2 amide bonds. The number of carbonyl (C=O) groups is 3. The summed E-state index contributed by atoms with van der Waals surface area (Å²) < 4.78 is 10.6. The van der Waals surface area contributed by atoms with Crippen molar-refractivity contribution in [3.8, 4) is 11.5 Å². The molecule has 0 aliphatic carbocycles. The van der Waals surface area contributed by atoms with E-state index in [1.54, 1.807) is 69.7 Å². The van der Waals surface area contributed by atoms with Crippen LogP contribution in [0.5, 0.6) is 11.5 Å². The Morgan fingerprint density at radius 3 is 2.14 bits per heavy atom. The van der Waals surface area contributed by atoms with Gasteiger partial charge in [-0.25, -0.2) is 4.79 Å². The molecule has 0 saturated heterocycles. The summed E-state index contributed by atoms with van der Waals surface area (Å²) >= 11 is 0. The van der Waals surface area contributed by atoms with Gasteiger partial charge in [-0.15, -0.1) is 0 Å². The van der Waals surface area contributed by atoms with E-state index in [0.717, 1.165) is 0 Å². The number of carboxylic acid groups (broad SMARTS) is 1. The molecule has 0 aliphatic heterocycles. The maximum absolute atomic E-state index is 12.9. The molecule has 2 aromatic rings. The lowest BCUT2D eigenvalue weighted by Crippen LogP contribution is -2.29. The van der Waals surface area contributed by atoms with Gasteiger partial charge in [0.05, 0.1) is 5.56 Å². The minimum Gasteiger partial charge on any atom is -0.483 e. The first-order valence-corrected chi connectivity index (χ1v) is 8.44. The Hall–Kier alpha value is -3.55. The third-order valence-electron chi connectivity index (χ3n) is 3.86. The minimum atomic E-state index is -1.07. The second-order valence-corrected chi connectivity index (χ2v) is 6.11. The van der Waals surface area contributed by atoms with E-state index in [1.807, 2.05) is 0 Å². The highest BCUT2D eigenvalue weighted by molar-refractivity contribution is 6.07. The van der Waals surface area contributed by atoms with Crippen molar-refractivity contribution in [2.24, 2.45) is 0 Å². The van der Waals surface area contributed by atoms with Gasteiger partial charge in [0.15, 0.2) is 13.2 Å². The fourth-order valence-electron chi connectivity index (χ4n) is 2.25. The first-order valence-electron chi connectivity index (χ1n) is 8.44. The summed E-state index contributed by atoms with van der Waals surface area (Å²) in [4.78, 5) is 38.0. The molecule has 8 heteroatoms. The van der Waals surface area contributed by atoms with Gasteiger partial charge >= 0.3 is 5.97 Å². The predicted octanol–water partition coefficient (Wildman–Crippen LogP) is 1.89. The summed E-state index contributed by atoms with van der Waals surface area (Å²) in [6, 6.07) is 13.2. The number of hydrogen-bond acceptors (Lipinski definition) is 5. The van der Waals surface area contributed by atoms with Crippen LogP contribution in [0, 0.1) is 0 Å². The van der Waals surface area contributed by atoms with Crippen molar-refractivity contribution < 1.29 is 29.0 Å². The van der Waals surface area contributed by atoms with E-state index < -0.39 is 12.6 Å². The van der Waals surface area contributed by atoms with Crippen molar-refractivity contribution in [1.29, 1.82) is 0 Å². The van der Waals surface area contributed by atoms with E-state index in [2.05, 4.69) is 0 Å². The third kappa shape index (κ3) is 5.47. The average molecular weight is 386 g/mol. The predicted molar refractivity (Wildman–Crippen MR) is 103 cm³/mol. The molecule has 2 aromatic carbocycles. The Kier molecular flexibility index (Phi) is 6.97. The summed E-state index contributed by atoms with van der Waals surface area (Å²) in [5.74, 6) is -0.894. The molecule has 0 aromatic heterocycles. The Morgan fingerprint density at radius 1 is 0.893 bits per heavy atom. The summed E-state index contributed by atoms with van der Waals surface area (Å²) in [6.45, 7) is -0.610. The van der Waals surface area contributed by atoms with Crippen molar-refractivity contribution in [3.05, 3.63) is 54.1 Å². The summed E-state index contributed by atoms with van der Waals surface area (Å²) in [7, 11) is 4.86. The normalized spacial score (nSPS) is 10.1. The van der Waals surface area contributed by atoms with Gasteiger partial charge in [0, 0.05) is 26.8 Å². The first-order chi connectivity index (χ1) is 13.3. The molecule has 148 valence electrons. The fraction of sp³-hybridized carbons (Fsp3) is 0.250. The van der Waals surface area contributed by atoms with Crippen LogP contribution in [-0.4, -0.2) is 62.1 Å². The van der Waals surface area contributed by atoms with Gasteiger partial charge in [-0.1, -0.05) is 12.1 Å². The van der Waals surface area contributed by atoms with Crippen LogP contribution >= 0.6 is 0 Å². The van der Waals surface area contributed by atoms with Gasteiger partial charge in [0.1, 0.15) is 11.5 Å². The molecule has 0 atom stereocenters. The number of anilines is 1. The summed E-state index contributed by atoms with van der Waals surface area (Å²) in [5, 5.41) is 8.64. The number of benzene rings is 2. The number of hydrogen-bond donors (Lipinski definition) is 1. The average Bonchev–Trinajstić information content (AvgIpc) is 2.69. The van der Waals surface area contributed by atoms with Gasteiger partial charge in [-0.2, -0.15) is 0 Å². The number of nitrogens with zero attached hydrogens (tertiary/aromatic N) is 2. The molecule has 0 bridgehead atoms.